The first-order valence-electron chi connectivity index (χ1n) is 8.24. The smallest absolute Gasteiger partial charge is 0.255 e. The predicted molar refractivity (Wildman–Crippen MR) is 85.2 cm³/mol. The summed E-state index contributed by atoms with van der Waals surface area (Å²) in [6, 6.07) is 3.60. The quantitative estimate of drug-likeness (QED) is 0.777. The molecular formula is C17H26N2O3. The van der Waals surface area contributed by atoms with E-state index in [0.717, 1.165) is 52.0 Å². The summed E-state index contributed by atoms with van der Waals surface area (Å²) in [6.07, 6.45) is 5.50. The van der Waals surface area contributed by atoms with Crippen LogP contribution < -0.4 is 4.74 Å². The van der Waals surface area contributed by atoms with Crippen LogP contribution in [0.3, 0.4) is 0 Å². The summed E-state index contributed by atoms with van der Waals surface area (Å²) in [5.74, 6) is 0.634. The van der Waals surface area contributed by atoms with Crippen LogP contribution in [0.15, 0.2) is 18.3 Å². The Morgan fingerprint density at radius 1 is 1.27 bits per heavy atom. The molecule has 0 N–H and O–H groups in total. The van der Waals surface area contributed by atoms with Gasteiger partial charge in [-0.25, -0.2) is 4.98 Å². The first kappa shape index (κ1) is 16.7. The Kier molecular flexibility index (Phi) is 6.65. The van der Waals surface area contributed by atoms with Gasteiger partial charge in [0.05, 0.1) is 18.8 Å². The molecule has 5 nitrogen and oxygen atoms in total. The monoisotopic (exact) mass is 306 g/mol. The Hall–Kier alpha value is -1.62. The number of carbonyl (C=O) groups excluding carboxylic acids is 1. The zero-order valence-corrected chi connectivity index (χ0v) is 13.6. The largest absolute Gasteiger partial charge is 0.474 e. The highest BCUT2D eigenvalue weighted by molar-refractivity contribution is 5.93. The number of rotatable bonds is 7. The van der Waals surface area contributed by atoms with Crippen LogP contribution in [0, 0.1) is 0 Å². The van der Waals surface area contributed by atoms with Crippen molar-refractivity contribution in [1.82, 2.24) is 9.88 Å². The normalized spacial score (nSPS) is 15.5. The molecule has 0 radical (unpaired) electrons. The fourth-order valence-corrected chi connectivity index (χ4v) is 2.58. The average Bonchev–Trinajstić information content (AvgIpc) is 2.56. The molecule has 0 unspecified atom stereocenters. The maximum Gasteiger partial charge on any atom is 0.255 e. The Labute approximate surface area is 132 Å². The number of ether oxygens (including phenoxy) is 2. The highest BCUT2D eigenvalue weighted by Crippen LogP contribution is 2.16. The summed E-state index contributed by atoms with van der Waals surface area (Å²) in [4.78, 5) is 18.6. The van der Waals surface area contributed by atoms with Crippen molar-refractivity contribution in [3.8, 4) is 5.88 Å². The molecule has 1 aromatic heterocycles. The van der Waals surface area contributed by atoms with Crippen LogP contribution in [-0.4, -0.2) is 48.2 Å². The van der Waals surface area contributed by atoms with Crippen LogP contribution in [0.4, 0.5) is 0 Å². The molecule has 1 saturated heterocycles. The molecule has 0 saturated carbocycles. The van der Waals surface area contributed by atoms with Gasteiger partial charge in [0.25, 0.3) is 5.91 Å². The van der Waals surface area contributed by atoms with Crippen molar-refractivity contribution in [3.63, 3.8) is 0 Å². The van der Waals surface area contributed by atoms with E-state index < -0.39 is 0 Å². The van der Waals surface area contributed by atoms with E-state index >= 15 is 0 Å². The lowest BCUT2D eigenvalue weighted by atomic mass is 10.1. The molecule has 1 aromatic rings. The van der Waals surface area contributed by atoms with Crippen molar-refractivity contribution in [2.75, 3.05) is 26.3 Å². The van der Waals surface area contributed by atoms with Gasteiger partial charge in [-0.2, -0.15) is 0 Å². The molecule has 2 heterocycles. The summed E-state index contributed by atoms with van der Waals surface area (Å²) >= 11 is 0. The van der Waals surface area contributed by atoms with E-state index in [1.165, 1.54) is 0 Å². The average molecular weight is 306 g/mol. The number of hydrogen-bond donors (Lipinski definition) is 0. The van der Waals surface area contributed by atoms with E-state index in [-0.39, 0.29) is 12.0 Å². The lowest BCUT2D eigenvalue weighted by Crippen LogP contribution is -2.32. The Balaban J connectivity index is 1.96. The molecule has 1 aliphatic rings. The van der Waals surface area contributed by atoms with Gasteiger partial charge in [0, 0.05) is 38.2 Å². The molecule has 5 heteroatoms. The molecule has 0 spiro atoms. The molecule has 1 fully saturated rings. The third kappa shape index (κ3) is 4.70. The number of amides is 1. The van der Waals surface area contributed by atoms with E-state index in [2.05, 4.69) is 18.8 Å². The van der Waals surface area contributed by atoms with Crippen molar-refractivity contribution >= 4 is 5.91 Å². The van der Waals surface area contributed by atoms with Gasteiger partial charge in [-0.3, -0.25) is 4.79 Å². The van der Waals surface area contributed by atoms with Gasteiger partial charge in [0.15, 0.2) is 0 Å². The van der Waals surface area contributed by atoms with Crippen LogP contribution in [0.2, 0.25) is 0 Å². The van der Waals surface area contributed by atoms with E-state index in [0.29, 0.717) is 11.4 Å². The molecule has 22 heavy (non-hydrogen) atoms. The Morgan fingerprint density at radius 3 is 2.50 bits per heavy atom. The molecule has 122 valence electrons. The molecule has 1 amide bonds. The number of hydrogen-bond acceptors (Lipinski definition) is 4. The summed E-state index contributed by atoms with van der Waals surface area (Å²) in [5.41, 5.74) is 0.626. The van der Waals surface area contributed by atoms with Crippen LogP contribution in [0.25, 0.3) is 0 Å². The van der Waals surface area contributed by atoms with Gasteiger partial charge in [0.1, 0.15) is 6.10 Å². The highest BCUT2D eigenvalue weighted by Gasteiger charge is 2.17. The van der Waals surface area contributed by atoms with E-state index in [9.17, 15) is 4.79 Å². The minimum Gasteiger partial charge on any atom is -0.474 e. The van der Waals surface area contributed by atoms with Crippen molar-refractivity contribution in [3.05, 3.63) is 23.9 Å². The maximum atomic E-state index is 12.5. The van der Waals surface area contributed by atoms with Gasteiger partial charge in [0.2, 0.25) is 5.88 Å². The predicted octanol–water partition coefficient (Wildman–Crippen LogP) is 2.90. The Bertz CT molecular complexity index is 449. The number of pyridine rings is 1. The fraction of sp³-hybridized carbons (Fsp3) is 0.647. The van der Waals surface area contributed by atoms with Crippen molar-refractivity contribution in [1.29, 1.82) is 0 Å². The van der Waals surface area contributed by atoms with Crippen LogP contribution in [0.1, 0.15) is 49.9 Å². The summed E-state index contributed by atoms with van der Waals surface area (Å²) in [6.45, 7) is 7.21. The molecule has 0 aliphatic carbocycles. The lowest BCUT2D eigenvalue weighted by Gasteiger charge is -2.23. The number of aromatic nitrogens is 1. The Morgan fingerprint density at radius 2 is 1.95 bits per heavy atom. The van der Waals surface area contributed by atoms with Crippen LogP contribution in [-0.2, 0) is 4.74 Å². The van der Waals surface area contributed by atoms with Crippen molar-refractivity contribution in [2.24, 2.45) is 0 Å². The van der Waals surface area contributed by atoms with Gasteiger partial charge in [-0.05, 0) is 18.9 Å². The standard InChI is InChI=1S/C17H26N2O3/c1-3-9-19(10-4-2)17(20)14-5-6-16(18-13-14)22-15-7-11-21-12-8-15/h5-6,13,15H,3-4,7-12H2,1-2H3. The number of carbonyl (C=O) groups is 1. The molecule has 0 aromatic carbocycles. The van der Waals surface area contributed by atoms with Gasteiger partial charge >= 0.3 is 0 Å². The van der Waals surface area contributed by atoms with Crippen molar-refractivity contribution < 1.29 is 14.3 Å². The first-order valence-corrected chi connectivity index (χ1v) is 8.24. The second kappa shape index (κ2) is 8.73. The number of nitrogens with zero attached hydrogens (tertiary/aromatic N) is 2. The fourth-order valence-electron chi connectivity index (χ4n) is 2.58. The molecule has 2 rings (SSSR count). The van der Waals surface area contributed by atoms with Crippen molar-refractivity contribution in [2.45, 2.75) is 45.6 Å². The zero-order valence-electron chi connectivity index (χ0n) is 13.6. The second-order valence-corrected chi connectivity index (χ2v) is 5.61. The first-order chi connectivity index (χ1) is 10.7. The topological polar surface area (TPSA) is 51.7 Å². The lowest BCUT2D eigenvalue weighted by molar-refractivity contribution is 0.0237. The second-order valence-electron chi connectivity index (χ2n) is 5.61. The molecule has 1 aliphatic heterocycles. The van der Waals surface area contributed by atoms with Gasteiger partial charge in [-0.1, -0.05) is 13.8 Å². The highest BCUT2D eigenvalue weighted by atomic mass is 16.5. The molecular weight excluding hydrogens is 280 g/mol. The molecule has 0 atom stereocenters. The third-order valence-corrected chi connectivity index (χ3v) is 3.71. The van der Waals surface area contributed by atoms with E-state index in [4.69, 9.17) is 9.47 Å². The maximum absolute atomic E-state index is 12.5. The summed E-state index contributed by atoms with van der Waals surface area (Å²) < 4.78 is 11.1. The van der Waals surface area contributed by atoms with Gasteiger partial charge in [-0.15, -0.1) is 0 Å². The minimum absolute atomic E-state index is 0.0498. The summed E-state index contributed by atoms with van der Waals surface area (Å²) in [7, 11) is 0. The van der Waals surface area contributed by atoms with E-state index in [1.54, 1.807) is 12.3 Å². The van der Waals surface area contributed by atoms with Crippen LogP contribution in [0.5, 0.6) is 5.88 Å². The third-order valence-electron chi connectivity index (χ3n) is 3.71. The SMILES string of the molecule is CCCN(CCC)C(=O)c1ccc(OC2CCOCC2)nc1. The van der Waals surface area contributed by atoms with Crippen LogP contribution >= 0.6 is 0 Å². The van der Waals surface area contributed by atoms with Gasteiger partial charge < -0.3 is 14.4 Å². The van der Waals surface area contributed by atoms with E-state index in [1.807, 2.05) is 11.0 Å². The zero-order chi connectivity index (χ0) is 15.8. The molecule has 0 bridgehead atoms. The summed E-state index contributed by atoms with van der Waals surface area (Å²) in [5, 5.41) is 0. The minimum atomic E-state index is 0.0498.